The molecule has 1 heterocycles. The highest BCUT2D eigenvalue weighted by Gasteiger charge is 2.32. The molecule has 0 spiro atoms. The third-order valence-corrected chi connectivity index (χ3v) is 7.36. The molecule has 1 atom stereocenters. The van der Waals surface area contributed by atoms with Crippen molar-refractivity contribution in [1.82, 2.24) is 16.1 Å². The van der Waals surface area contributed by atoms with Gasteiger partial charge in [-0.1, -0.05) is 36.4 Å². The van der Waals surface area contributed by atoms with Crippen molar-refractivity contribution in [3.8, 4) is 17.2 Å². The number of thiocarbonyl (C=S) groups is 1. The molecule has 44 heavy (non-hydrogen) atoms. The van der Waals surface area contributed by atoms with Gasteiger partial charge in [0.05, 0.1) is 35.1 Å². The number of amides is 1. The number of rotatable bonds is 12. The van der Waals surface area contributed by atoms with Gasteiger partial charge in [-0.3, -0.25) is 4.79 Å². The molecule has 0 unspecified atom stereocenters. The Morgan fingerprint density at radius 2 is 1.86 bits per heavy atom. The molecule has 0 radical (unpaired) electrons. The van der Waals surface area contributed by atoms with Gasteiger partial charge < -0.3 is 29.6 Å². The van der Waals surface area contributed by atoms with Crippen molar-refractivity contribution in [2.75, 3.05) is 20.3 Å². The Labute approximate surface area is 273 Å². The first-order valence-electron chi connectivity index (χ1n) is 13.4. The Morgan fingerprint density at radius 3 is 2.61 bits per heavy atom. The van der Waals surface area contributed by atoms with Gasteiger partial charge in [-0.2, -0.15) is 5.10 Å². The summed E-state index contributed by atoms with van der Waals surface area (Å²) in [5, 5.41) is 10.4. The minimum Gasteiger partial charge on any atom is -0.493 e. The number of para-hydroxylation sites is 1. The molecule has 0 saturated carbocycles. The zero-order valence-electron chi connectivity index (χ0n) is 24.1. The summed E-state index contributed by atoms with van der Waals surface area (Å²) in [6.45, 7) is 3.37. The number of hydrazone groups is 1. The molecule has 1 aliphatic heterocycles. The highest BCUT2D eigenvalue weighted by atomic mass is 127. The van der Waals surface area contributed by atoms with E-state index in [1.807, 2.05) is 0 Å². The van der Waals surface area contributed by atoms with E-state index in [2.05, 4.69) is 43.8 Å². The van der Waals surface area contributed by atoms with E-state index in [4.69, 9.17) is 31.2 Å². The summed E-state index contributed by atoms with van der Waals surface area (Å²) in [6.07, 6.45) is 1.45. The van der Waals surface area contributed by atoms with Gasteiger partial charge >= 0.3 is 5.97 Å². The molecule has 0 bridgehead atoms. The van der Waals surface area contributed by atoms with Crippen molar-refractivity contribution in [2.24, 2.45) is 5.10 Å². The van der Waals surface area contributed by atoms with Crippen LogP contribution in [0.1, 0.15) is 36.6 Å². The normalized spacial score (nSPS) is 14.5. The summed E-state index contributed by atoms with van der Waals surface area (Å²) >= 11 is 7.40. The van der Waals surface area contributed by atoms with Gasteiger partial charge in [0, 0.05) is 16.8 Å². The molecule has 0 aromatic heterocycles. The van der Waals surface area contributed by atoms with Crippen LogP contribution in [0.5, 0.6) is 17.2 Å². The van der Waals surface area contributed by atoms with E-state index < -0.39 is 17.9 Å². The average molecular weight is 733 g/mol. The van der Waals surface area contributed by atoms with E-state index in [1.54, 1.807) is 68.4 Å². The Morgan fingerprint density at radius 1 is 1.11 bits per heavy atom. The second-order valence-electron chi connectivity index (χ2n) is 9.32. The zero-order chi connectivity index (χ0) is 31.6. The van der Waals surface area contributed by atoms with Gasteiger partial charge in [0.1, 0.15) is 18.2 Å². The first kappa shape index (κ1) is 32.7. The van der Waals surface area contributed by atoms with Crippen LogP contribution >= 0.6 is 34.8 Å². The molecule has 10 nitrogen and oxygen atoms in total. The van der Waals surface area contributed by atoms with E-state index in [1.165, 1.54) is 19.4 Å². The van der Waals surface area contributed by atoms with Gasteiger partial charge in [-0.05, 0) is 78.5 Å². The van der Waals surface area contributed by atoms with E-state index in [9.17, 15) is 14.0 Å². The SMILES string of the molecule is CCOC(=O)C1=C(C)NC(=S)N[C@H]1c1ccccc1OCC(=O)NN=Cc1cc(I)c(OCc2ccccc2F)c(OC)c1. The number of hydrogen-bond donors (Lipinski definition) is 3. The topological polar surface area (TPSA) is 120 Å². The molecule has 13 heteroatoms. The maximum Gasteiger partial charge on any atom is 0.338 e. The third kappa shape index (κ3) is 8.23. The largest absolute Gasteiger partial charge is 0.493 e. The number of carbonyl (C=O) groups excluding carboxylic acids is 2. The molecular formula is C31H30FIN4O6S. The maximum absolute atomic E-state index is 14.0. The average Bonchev–Trinajstić information content (AvgIpc) is 3.00. The predicted octanol–water partition coefficient (Wildman–Crippen LogP) is 4.90. The lowest BCUT2D eigenvalue weighted by Crippen LogP contribution is -2.45. The number of methoxy groups -OCH3 is 1. The van der Waals surface area contributed by atoms with Crippen LogP contribution in [0, 0.1) is 9.39 Å². The van der Waals surface area contributed by atoms with E-state index in [-0.39, 0.29) is 25.6 Å². The molecule has 0 aliphatic carbocycles. The Hall–Kier alpha value is -4.24. The summed E-state index contributed by atoms with van der Waals surface area (Å²) in [4.78, 5) is 25.3. The lowest BCUT2D eigenvalue weighted by atomic mass is 9.95. The second-order valence-corrected chi connectivity index (χ2v) is 10.9. The number of allylic oxidation sites excluding steroid dienone is 1. The fraction of sp³-hybridized carbons (Fsp3) is 0.226. The molecular weight excluding hydrogens is 702 g/mol. The van der Waals surface area contributed by atoms with Crippen LogP contribution in [-0.4, -0.2) is 43.5 Å². The number of hydrogen-bond acceptors (Lipinski definition) is 8. The number of nitrogens with one attached hydrogen (secondary N) is 3. The van der Waals surface area contributed by atoms with Crippen molar-refractivity contribution < 1.29 is 32.9 Å². The highest BCUT2D eigenvalue weighted by Crippen LogP contribution is 2.35. The molecule has 0 fully saturated rings. The third-order valence-electron chi connectivity index (χ3n) is 6.34. The van der Waals surface area contributed by atoms with Crippen LogP contribution in [0.15, 0.2) is 77.0 Å². The molecule has 1 aliphatic rings. The standard InChI is InChI=1S/C31H30FIN4O6S/c1-4-41-30(39)27-18(2)35-31(44)36-28(27)21-10-6-8-12-24(21)42-17-26(38)37-34-15-19-13-23(33)29(25(14-19)40-3)43-16-20-9-5-7-11-22(20)32/h5-15,28H,4,16-17H2,1-3H3,(H,37,38)(H2,35,36,44)/t28-/m0/s1. The molecule has 3 aromatic carbocycles. The number of ether oxygens (including phenoxy) is 4. The van der Waals surface area contributed by atoms with E-state index in [0.717, 1.165) is 0 Å². The van der Waals surface area contributed by atoms with E-state index >= 15 is 0 Å². The minimum absolute atomic E-state index is 0.0338. The van der Waals surface area contributed by atoms with Crippen LogP contribution in [0.4, 0.5) is 4.39 Å². The van der Waals surface area contributed by atoms with Gasteiger partial charge in [0.15, 0.2) is 23.2 Å². The Balaban J connectivity index is 1.40. The number of halogens is 2. The highest BCUT2D eigenvalue weighted by molar-refractivity contribution is 14.1. The lowest BCUT2D eigenvalue weighted by molar-refractivity contribution is -0.139. The van der Waals surface area contributed by atoms with Crippen LogP contribution in [-0.2, 0) is 20.9 Å². The minimum atomic E-state index is -0.642. The molecule has 1 amide bonds. The van der Waals surface area contributed by atoms with E-state index in [0.29, 0.717) is 53.9 Å². The predicted molar refractivity (Wildman–Crippen MR) is 175 cm³/mol. The number of carbonyl (C=O) groups is 2. The quantitative estimate of drug-likeness (QED) is 0.0786. The number of benzene rings is 3. The molecule has 4 rings (SSSR count). The number of esters is 1. The van der Waals surface area contributed by atoms with Crippen molar-refractivity contribution in [3.63, 3.8) is 0 Å². The van der Waals surface area contributed by atoms with Crippen LogP contribution < -0.4 is 30.3 Å². The van der Waals surface area contributed by atoms with Gasteiger partial charge in [-0.15, -0.1) is 0 Å². The molecule has 0 saturated heterocycles. The monoisotopic (exact) mass is 732 g/mol. The molecule has 3 aromatic rings. The lowest BCUT2D eigenvalue weighted by Gasteiger charge is -2.30. The molecule has 3 N–H and O–H groups in total. The van der Waals surface area contributed by atoms with Crippen molar-refractivity contribution in [1.29, 1.82) is 0 Å². The van der Waals surface area contributed by atoms with Crippen LogP contribution in [0.2, 0.25) is 0 Å². The van der Waals surface area contributed by atoms with Crippen LogP contribution in [0.3, 0.4) is 0 Å². The summed E-state index contributed by atoms with van der Waals surface area (Å²) in [7, 11) is 1.50. The summed E-state index contributed by atoms with van der Waals surface area (Å²) in [5.74, 6) is -0.0743. The Bertz CT molecular complexity index is 1620. The maximum atomic E-state index is 14.0. The summed E-state index contributed by atoms with van der Waals surface area (Å²) < 4.78 is 37.1. The smallest absolute Gasteiger partial charge is 0.338 e. The van der Waals surface area contributed by atoms with Crippen molar-refractivity contribution in [3.05, 3.63) is 98.0 Å². The summed E-state index contributed by atoms with van der Waals surface area (Å²) in [6, 6.07) is 16.2. The van der Waals surface area contributed by atoms with Crippen molar-refractivity contribution in [2.45, 2.75) is 26.5 Å². The zero-order valence-corrected chi connectivity index (χ0v) is 27.1. The second kappa shape index (κ2) is 15.5. The van der Waals surface area contributed by atoms with Crippen LogP contribution in [0.25, 0.3) is 0 Å². The Kier molecular flexibility index (Phi) is 11.5. The fourth-order valence-electron chi connectivity index (χ4n) is 4.33. The van der Waals surface area contributed by atoms with Gasteiger partial charge in [0.25, 0.3) is 5.91 Å². The van der Waals surface area contributed by atoms with Gasteiger partial charge in [0.2, 0.25) is 0 Å². The number of nitrogens with zero attached hydrogens (tertiary/aromatic N) is 1. The first-order valence-corrected chi connectivity index (χ1v) is 14.9. The first-order chi connectivity index (χ1) is 21.2. The van der Waals surface area contributed by atoms with Crippen molar-refractivity contribution >= 4 is 58.0 Å². The molecule has 230 valence electrons. The fourth-order valence-corrected chi connectivity index (χ4v) is 5.38. The summed E-state index contributed by atoms with van der Waals surface area (Å²) in [5.41, 5.74) is 5.03. The van der Waals surface area contributed by atoms with Gasteiger partial charge in [-0.25, -0.2) is 14.6 Å².